The van der Waals surface area contributed by atoms with Crippen molar-refractivity contribution in [3.8, 4) is 23.0 Å². The number of anilines is 1. The van der Waals surface area contributed by atoms with Gasteiger partial charge in [-0.3, -0.25) is 14.4 Å². The zero-order valence-electron chi connectivity index (χ0n) is 33.0. The lowest BCUT2D eigenvalue weighted by atomic mass is 9.78. The number of hydrogen-bond acceptors (Lipinski definition) is 14. The number of carbonyl (C=O) groups is 3. The van der Waals surface area contributed by atoms with Crippen molar-refractivity contribution in [1.82, 2.24) is 0 Å². The number of ketones is 1. The van der Waals surface area contributed by atoms with E-state index in [1.165, 1.54) is 67.4 Å². The number of benzene rings is 2. The summed E-state index contributed by atoms with van der Waals surface area (Å²) in [5, 5.41) is 59.7. The van der Waals surface area contributed by atoms with Crippen LogP contribution < -0.4 is 10.1 Å². The summed E-state index contributed by atoms with van der Waals surface area (Å²) in [4.78, 5) is 40.1. The maximum Gasteiger partial charge on any atom is 0.312 e. The number of rotatable bonds is 5. The van der Waals surface area contributed by atoms with E-state index in [0.717, 1.165) is 0 Å². The number of fused-ring (bicyclic) bond motifs is 14. The first-order chi connectivity index (χ1) is 25.8. The molecule has 2 aromatic rings. The van der Waals surface area contributed by atoms with Gasteiger partial charge in [0.25, 0.3) is 11.7 Å². The average Bonchev–Trinajstić information content (AvgIpc) is 3.41. The molecule has 0 saturated carbocycles. The molecular formula is C40H53NO14. The van der Waals surface area contributed by atoms with Crippen LogP contribution in [0.15, 0.2) is 36.1 Å². The van der Waals surface area contributed by atoms with Crippen LogP contribution in [0.1, 0.15) is 76.2 Å². The van der Waals surface area contributed by atoms with Crippen LogP contribution in [0.5, 0.6) is 23.0 Å². The number of carbonyl (C=O) groups excluding carboxylic acids is 3. The molecule has 15 heteroatoms. The van der Waals surface area contributed by atoms with Gasteiger partial charge in [-0.25, -0.2) is 0 Å². The molecule has 3 heterocycles. The fourth-order valence-electron chi connectivity index (χ4n) is 7.31. The molecule has 3 aliphatic heterocycles. The standard InChI is InChI=1S/C40H53NO14/c1-17-13-12-14-18(2)38(49)41-29-28(39(51-10)52-11)33(46)25-26(34(29)47)32(45)22(6)36-27(25)37(48)40(8,55-36)53-16-15-24(50-9)19(3)35(54-23(7)42)21(5)31(44)20(4)30(17)43/h12-17,19-21,24,30-31,35,39,43-47H,1-11H3,(H,41,49)/t17-,19-,20+,21+,24-,30-,31+,35-,40-/m0/s1. The summed E-state index contributed by atoms with van der Waals surface area (Å²) >= 11 is 0. The molecule has 1 amide bonds. The van der Waals surface area contributed by atoms with Crippen LogP contribution in [0.25, 0.3) is 10.8 Å². The molecule has 9 atom stereocenters. The molecular weight excluding hydrogens is 718 g/mol. The highest BCUT2D eigenvalue weighted by Gasteiger charge is 2.50. The Labute approximate surface area is 320 Å². The fraction of sp³-hybridized carbons (Fsp3) is 0.525. The summed E-state index contributed by atoms with van der Waals surface area (Å²) in [7, 11) is 3.94. The third-order valence-corrected chi connectivity index (χ3v) is 10.7. The summed E-state index contributed by atoms with van der Waals surface area (Å²) in [5.74, 6) is -8.72. The summed E-state index contributed by atoms with van der Waals surface area (Å²) in [6, 6.07) is 0. The Bertz CT molecular complexity index is 1900. The summed E-state index contributed by atoms with van der Waals surface area (Å²) in [5.41, 5.74) is -0.680. The number of aromatic hydroxyl groups is 3. The number of allylic oxidation sites excluding steroid dienone is 2. The van der Waals surface area contributed by atoms with Crippen molar-refractivity contribution < 1.29 is 68.3 Å². The smallest absolute Gasteiger partial charge is 0.312 e. The number of nitrogens with one attached hydrogen (secondary N) is 1. The maximum atomic E-state index is 14.3. The molecule has 302 valence electrons. The monoisotopic (exact) mass is 771 g/mol. The van der Waals surface area contributed by atoms with Crippen LogP contribution in [0, 0.1) is 30.6 Å². The van der Waals surface area contributed by atoms with E-state index in [4.69, 9.17) is 28.4 Å². The maximum absolute atomic E-state index is 14.3. The number of amides is 1. The molecule has 0 saturated heterocycles. The quantitative estimate of drug-likeness (QED) is 0.102. The molecule has 5 rings (SSSR count). The van der Waals surface area contributed by atoms with Gasteiger partial charge in [-0.05, 0) is 19.9 Å². The van der Waals surface area contributed by atoms with Crippen molar-refractivity contribution in [3.63, 3.8) is 0 Å². The fourth-order valence-corrected chi connectivity index (χ4v) is 7.31. The van der Waals surface area contributed by atoms with Crippen molar-refractivity contribution in [3.05, 3.63) is 52.8 Å². The van der Waals surface area contributed by atoms with Gasteiger partial charge < -0.3 is 59.3 Å². The molecule has 55 heavy (non-hydrogen) atoms. The normalized spacial score (nSPS) is 29.3. The zero-order valence-corrected chi connectivity index (χ0v) is 33.0. The summed E-state index contributed by atoms with van der Waals surface area (Å²) in [6.07, 6.45) is 2.02. The average molecular weight is 772 g/mol. The molecule has 0 radical (unpaired) electrons. The highest BCUT2D eigenvalue weighted by Crippen LogP contribution is 2.56. The van der Waals surface area contributed by atoms with E-state index in [1.807, 2.05) is 0 Å². The Morgan fingerprint density at radius 2 is 1.53 bits per heavy atom. The summed E-state index contributed by atoms with van der Waals surface area (Å²) < 4.78 is 34.3. The molecule has 0 spiro atoms. The van der Waals surface area contributed by atoms with E-state index in [-0.39, 0.29) is 44.5 Å². The lowest BCUT2D eigenvalue weighted by molar-refractivity contribution is -0.160. The lowest BCUT2D eigenvalue weighted by Crippen LogP contribution is -2.46. The van der Waals surface area contributed by atoms with Gasteiger partial charge in [-0.2, -0.15) is 0 Å². The minimum Gasteiger partial charge on any atom is -0.507 e. The molecule has 0 fully saturated rings. The molecule has 6 N–H and O–H groups in total. The first-order valence-electron chi connectivity index (χ1n) is 17.9. The van der Waals surface area contributed by atoms with E-state index in [0.29, 0.717) is 0 Å². The largest absolute Gasteiger partial charge is 0.507 e. The summed E-state index contributed by atoms with van der Waals surface area (Å²) in [6.45, 7) is 12.4. The van der Waals surface area contributed by atoms with Crippen molar-refractivity contribution in [2.45, 2.75) is 91.9 Å². The van der Waals surface area contributed by atoms with Crippen molar-refractivity contribution in [2.75, 3.05) is 26.6 Å². The Hall–Kier alpha value is -4.67. The number of Topliss-reactive ketones (excluding diaryl/α,β-unsaturated/α-hetero) is 1. The van der Waals surface area contributed by atoms with E-state index >= 15 is 0 Å². The Morgan fingerprint density at radius 3 is 2.11 bits per heavy atom. The number of ether oxygens (including phenoxy) is 6. The van der Waals surface area contributed by atoms with Crippen molar-refractivity contribution in [2.24, 2.45) is 23.7 Å². The van der Waals surface area contributed by atoms with E-state index in [2.05, 4.69) is 5.32 Å². The van der Waals surface area contributed by atoms with Crippen molar-refractivity contribution >= 4 is 34.1 Å². The molecule has 0 aliphatic carbocycles. The Balaban J connectivity index is 1.98. The van der Waals surface area contributed by atoms with Gasteiger partial charge in [0.15, 0.2) is 12.0 Å². The van der Waals surface area contributed by atoms with Gasteiger partial charge >= 0.3 is 11.8 Å². The second kappa shape index (κ2) is 17.0. The van der Waals surface area contributed by atoms with E-state index in [1.54, 1.807) is 39.8 Å². The van der Waals surface area contributed by atoms with Gasteiger partial charge in [0.1, 0.15) is 23.4 Å². The van der Waals surface area contributed by atoms with Gasteiger partial charge in [0, 0.05) is 75.4 Å². The van der Waals surface area contributed by atoms with Crippen molar-refractivity contribution in [1.29, 1.82) is 0 Å². The Kier molecular flexibility index (Phi) is 13.3. The second-order valence-electron chi connectivity index (χ2n) is 14.4. The highest BCUT2D eigenvalue weighted by molar-refractivity contribution is 6.22. The highest BCUT2D eigenvalue weighted by atomic mass is 16.7. The van der Waals surface area contributed by atoms with Gasteiger partial charge in [0.05, 0.1) is 46.8 Å². The number of phenolic OH excluding ortho intramolecular Hbond substituents is 3. The first kappa shape index (κ1) is 43.1. The third kappa shape index (κ3) is 8.03. The minimum atomic E-state index is -2.06. The topological polar surface area (TPSA) is 220 Å². The van der Waals surface area contributed by atoms with Gasteiger partial charge in [0.2, 0.25) is 0 Å². The third-order valence-electron chi connectivity index (χ3n) is 10.7. The number of methoxy groups -OCH3 is 3. The van der Waals surface area contributed by atoms with Crippen LogP contribution in [-0.4, -0.2) is 94.7 Å². The molecule has 2 aromatic carbocycles. The van der Waals surface area contributed by atoms with Crippen LogP contribution in [0.2, 0.25) is 0 Å². The van der Waals surface area contributed by atoms with Crippen LogP contribution >= 0.6 is 0 Å². The SMILES string of the molecule is COC(OC)c1c2c(O)c3c(O)c(C)c4c(c3c1O)C(=O)[C@@](C)(OC=C[C@H](OC)[C@H](C)[C@H](OC(C)=O)[C@H](C)[C@H](O)[C@H](C)[C@@H](O)[C@@H](C)C=CC=C(C)C(=O)N2)O4. The first-order valence-corrected chi connectivity index (χ1v) is 17.9. The molecule has 15 nitrogen and oxygen atoms in total. The predicted octanol–water partition coefficient (Wildman–Crippen LogP) is 5.05. The molecule has 0 unspecified atom stereocenters. The Morgan fingerprint density at radius 1 is 0.891 bits per heavy atom. The second-order valence-corrected chi connectivity index (χ2v) is 14.4. The number of aliphatic hydroxyl groups is 2. The van der Waals surface area contributed by atoms with Gasteiger partial charge in [-0.15, -0.1) is 0 Å². The molecule has 0 aromatic heterocycles. The minimum absolute atomic E-state index is 0.0272. The number of hydrogen-bond donors (Lipinski definition) is 6. The molecule has 3 aliphatic rings. The van der Waals surface area contributed by atoms with Gasteiger partial charge in [-0.1, -0.05) is 45.9 Å². The van der Waals surface area contributed by atoms with Crippen LogP contribution in [0.4, 0.5) is 5.69 Å². The van der Waals surface area contributed by atoms with E-state index < -0.39 is 95.1 Å². The molecule has 5 bridgehead atoms. The zero-order chi connectivity index (χ0) is 41.3. The van der Waals surface area contributed by atoms with Crippen LogP contribution in [0.3, 0.4) is 0 Å². The van der Waals surface area contributed by atoms with Crippen LogP contribution in [-0.2, 0) is 33.3 Å². The number of aliphatic hydroxyl groups excluding tert-OH is 2. The van der Waals surface area contributed by atoms with E-state index in [9.17, 15) is 39.9 Å². The lowest BCUT2D eigenvalue weighted by Gasteiger charge is -2.38. The predicted molar refractivity (Wildman–Crippen MR) is 201 cm³/mol. The number of phenols is 3. The number of esters is 1.